The van der Waals surface area contributed by atoms with Gasteiger partial charge in [-0.25, -0.2) is 4.68 Å². The van der Waals surface area contributed by atoms with Gasteiger partial charge >= 0.3 is 5.97 Å². The summed E-state index contributed by atoms with van der Waals surface area (Å²) < 4.78 is 1.69. The van der Waals surface area contributed by atoms with E-state index in [4.69, 9.17) is 5.11 Å². The number of nitrogens with zero attached hydrogens (tertiary/aromatic N) is 4. The summed E-state index contributed by atoms with van der Waals surface area (Å²) in [6, 6.07) is 1.98. The summed E-state index contributed by atoms with van der Waals surface area (Å²) in [5.74, 6) is -0.113. The van der Waals surface area contributed by atoms with Gasteiger partial charge in [-0.1, -0.05) is 13.3 Å². The van der Waals surface area contributed by atoms with Crippen molar-refractivity contribution in [2.75, 3.05) is 0 Å². The van der Waals surface area contributed by atoms with Crippen molar-refractivity contribution < 1.29 is 9.90 Å². The highest BCUT2D eigenvalue weighted by atomic mass is 32.1. The molecule has 0 radical (unpaired) electrons. The molecular weight excluding hydrogens is 288 g/mol. The summed E-state index contributed by atoms with van der Waals surface area (Å²) in [5, 5.41) is 21.0. The summed E-state index contributed by atoms with van der Waals surface area (Å²) in [6.45, 7) is 2.04. The highest BCUT2D eigenvalue weighted by Crippen LogP contribution is 2.36. The molecule has 1 aliphatic rings. The zero-order valence-electron chi connectivity index (χ0n) is 11.9. The van der Waals surface area contributed by atoms with Gasteiger partial charge in [-0.3, -0.25) is 4.79 Å². The van der Waals surface area contributed by atoms with Crippen molar-refractivity contribution in [1.29, 1.82) is 0 Å². The molecule has 6 nitrogen and oxygen atoms in total. The zero-order chi connectivity index (χ0) is 14.8. The Hall–Kier alpha value is -1.76. The number of carbonyl (C=O) groups is 1. The van der Waals surface area contributed by atoms with Gasteiger partial charge in [0.1, 0.15) is 0 Å². The second kappa shape index (κ2) is 5.93. The summed E-state index contributed by atoms with van der Waals surface area (Å²) in [6.07, 6.45) is 5.20. The van der Waals surface area contributed by atoms with Gasteiger partial charge < -0.3 is 5.11 Å². The van der Waals surface area contributed by atoms with E-state index in [9.17, 15) is 4.79 Å². The molecule has 1 aliphatic carbocycles. The minimum atomic E-state index is -0.816. The van der Waals surface area contributed by atoms with E-state index in [2.05, 4.69) is 21.6 Å². The third kappa shape index (κ3) is 2.83. The highest BCUT2D eigenvalue weighted by Gasteiger charge is 2.23. The van der Waals surface area contributed by atoms with Crippen LogP contribution in [0.15, 0.2) is 6.07 Å². The van der Waals surface area contributed by atoms with Crippen LogP contribution in [0.3, 0.4) is 0 Å². The molecule has 3 rings (SSSR count). The van der Waals surface area contributed by atoms with E-state index in [1.165, 1.54) is 16.9 Å². The second-order valence-electron chi connectivity index (χ2n) is 5.40. The number of thiophene rings is 1. The molecule has 2 aromatic heterocycles. The Balaban J connectivity index is 1.92. The van der Waals surface area contributed by atoms with E-state index in [0.29, 0.717) is 5.82 Å². The first-order valence-corrected chi connectivity index (χ1v) is 8.12. The molecule has 0 aliphatic heterocycles. The van der Waals surface area contributed by atoms with Crippen LogP contribution in [0.2, 0.25) is 0 Å². The van der Waals surface area contributed by atoms with Gasteiger partial charge in [-0.15, -0.1) is 16.4 Å². The topological polar surface area (TPSA) is 80.9 Å². The van der Waals surface area contributed by atoms with Crippen LogP contribution in [0.5, 0.6) is 0 Å². The molecule has 0 saturated heterocycles. The van der Waals surface area contributed by atoms with E-state index in [1.54, 1.807) is 16.0 Å². The van der Waals surface area contributed by atoms with Gasteiger partial charge in [-0.2, -0.15) is 0 Å². The quantitative estimate of drug-likeness (QED) is 0.887. The lowest BCUT2D eigenvalue weighted by Gasteiger charge is -2.15. The normalized spacial score (nSPS) is 15.1. The average Bonchev–Trinajstić information content (AvgIpc) is 3.12. The van der Waals surface area contributed by atoms with E-state index in [-0.39, 0.29) is 12.5 Å². The Kier molecular flexibility index (Phi) is 4.01. The number of carboxylic acids is 1. The van der Waals surface area contributed by atoms with Gasteiger partial charge in [0, 0.05) is 4.88 Å². The molecule has 2 heterocycles. The van der Waals surface area contributed by atoms with Crippen LogP contribution in [-0.2, 0) is 17.6 Å². The lowest BCUT2D eigenvalue weighted by Crippen LogP contribution is -2.16. The number of aliphatic carboxylic acids is 1. The van der Waals surface area contributed by atoms with Crippen LogP contribution in [-0.4, -0.2) is 31.3 Å². The van der Waals surface area contributed by atoms with Crippen LogP contribution in [0.1, 0.15) is 49.1 Å². The van der Waals surface area contributed by atoms with Gasteiger partial charge in [-0.05, 0) is 47.7 Å². The number of tetrazole rings is 1. The minimum Gasteiger partial charge on any atom is -0.481 e. The van der Waals surface area contributed by atoms with Crippen molar-refractivity contribution in [3.63, 3.8) is 0 Å². The van der Waals surface area contributed by atoms with Crippen molar-refractivity contribution in [2.45, 2.75) is 51.5 Å². The van der Waals surface area contributed by atoms with Crippen molar-refractivity contribution in [2.24, 2.45) is 0 Å². The zero-order valence-corrected chi connectivity index (χ0v) is 12.8. The first-order chi connectivity index (χ1) is 10.2. The lowest BCUT2D eigenvalue weighted by molar-refractivity contribution is -0.138. The fourth-order valence-electron chi connectivity index (χ4n) is 2.89. The molecular formula is C14H18N4O2S. The number of hydrogen-bond acceptors (Lipinski definition) is 5. The van der Waals surface area contributed by atoms with E-state index < -0.39 is 5.97 Å². The predicted molar refractivity (Wildman–Crippen MR) is 79.4 cm³/mol. The minimum absolute atomic E-state index is 0.0525. The van der Waals surface area contributed by atoms with Gasteiger partial charge in [0.05, 0.1) is 17.3 Å². The summed E-state index contributed by atoms with van der Waals surface area (Å²) in [4.78, 5) is 13.5. The molecule has 112 valence electrons. The summed E-state index contributed by atoms with van der Waals surface area (Å²) >= 11 is 1.74. The summed E-state index contributed by atoms with van der Waals surface area (Å²) in [5.41, 5.74) is 1.40. The Morgan fingerprint density at radius 3 is 3.10 bits per heavy atom. The molecule has 0 saturated carbocycles. The summed E-state index contributed by atoms with van der Waals surface area (Å²) in [7, 11) is 0. The molecule has 1 atom stereocenters. The molecule has 21 heavy (non-hydrogen) atoms. The predicted octanol–water partition coefficient (Wildman–Crippen LogP) is 2.71. The third-order valence-corrected chi connectivity index (χ3v) is 5.07. The average molecular weight is 306 g/mol. The second-order valence-corrected chi connectivity index (χ2v) is 6.54. The van der Waals surface area contributed by atoms with Crippen molar-refractivity contribution in [3.05, 3.63) is 16.5 Å². The molecule has 0 spiro atoms. The molecule has 0 bridgehead atoms. The fourth-order valence-corrected chi connectivity index (χ4v) is 4.12. The van der Waals surface area contributed by atoms with E-state index in [0.717, 1.165) is 30.6 Å². The molecule has 0 fully saturated rings. The number of carboxylic acid groups (broad SMARTS) is 1. The van der Waals surface area contributed by atoms with Crippen LogP contribution in [0.4, 0.5) is 0 Å². The van der Waals surface area contributed by atoms with E-state index in [1.807, 2.05) is 6.92 Å². The molecule has 1 unspecified atom stereocenters. The molecule has 0 amide bonds. The van der Waals surface area contributed by atoms with Crippen molar-refractivity contribution >= 4 is 17.3 Å². The molecule has 7 heteroatoms. The number of aryl methyl sites for hydroxylation is 2. The van der Waals surface area contributed by atoms with Crippen LogP contribution in [0.25, 0.3) is 10.7 Å². The smallest absolute Gasteiger partial charge is 0.305 e. The van der Waals surface area contributed by atoms with Crippen molar-refractivity contribution in [1.82, 2.24) is 20.2 Å². The number of fused-ring (bicyclic) bond motifs is 1. The van der Waals surface area contributed by atoms with Gasteiger partial charge in [0.25, 0.3) is 0 Å². The maximum atomic E-state index is 11.1. The Labute approximate surface area is 126 Å². The Morgan fingerprint density at radius 1 is 1.52 bits per heavy atom. The molecule has 2 aromatic rings. The van der Waals surface area contributed by atoms with Crippen LogP contribution >= 0.6 is 11.3 Å². The van der Waals surface area contributed by atoms with E-state index >= 15 is 0 Å². The molecule has 1 N–H and O–H groups in total. The first kappa shape index (κ1) is 14.2. The highest BCUT2D eigenvalue weighted by molar-refractivity contribution is 7.15. The SMILES string of the molecule is CCCC(CC(=O)O)n1nnnc1-c1cc2c(s1)CCC2. The van der Waals surface area contributed by atoms with Crippen LogP contribution in [0, 0.1) is 0 Å². The van der Waals surface area contributed by atoms with Crippen molar-refractivity contribution in [3.8, 4) is 10.7 Å². The maximum absolute atomic E-state index is 11.1. The van der Waals surface area contributed by atoms with Gasteiger partial charge in [0.15, 0.2) is 5.82 Å². The monoisotopic (exact) mass is 306 g/mol. The van der Waals surface area contributed by atoms with Gasteiger partial charge in [0.2, 0.25) is 0 Å². The fraction of sp³-hybridized carbons (Fsp3) is 0.571. The third-order valence-electron chi connectivity index (χ3n) is 3.84. The standard InChI is InChI=1S/C14H18N4O2S/c1-2-4-10(8-13(19)20)18-14(15-16-17-18)12-7-9-5-3-6-11(9)21-12/h7,10H,2-6,8H2,1H3,(H,19,20). The van der Waals surface area contributed by atoms with Crippen LogP contribution < -0.4 is 0 Å². The Morgan fingerprint density at radius 2 is 2.38 bits per heavy atom. The Bertz CT molecular complexity index is 628. The number of aromatic nitrogens is 4. The lowest BCUT2D eigenvalue weighted by atomic mass is 10.1. The maximum Gasteiger partial charge on any atom is 0.305 e. The molecule has 0 aromatic carbocycles. The number of hydrogen-bond donors (Lipinski definition) is 1. The first-order valence-electron chi connectivity index (χ1n) is 7.30. The number of rotatable bonds is 6. The largest absolute Gasteiger partial charge is 0.481 e.